The largest absolute Gasteiger partial charge is 0.347 e. The Bertz CT molecular complexity index is 1400. The van der Waals surface area contributed by atoms with Gasteiger partial charge in [-0.15, -0.1) is 0 Å². The Labute approximate surface area is 247 Å². The zero-order valence-corrected chi connectivity index (χ0v) is 25.3. The van der Waals surface area contributed by atoms with Gasteiger partial charge in [0.1, 0.15) is 17.9 Å². The maximum Gasteiger partial charge on any atom is 0.246 e. The second-order valence-corrected chi connectivity index (χ2v) is 13.2. The van der Waals surface area contributed by atoms with Crippen LogP contribution >= 0.6 is 0 Å². The number of hydrogen-bond donors (Lipinski definition) is 3. The maximum absolute atomic E-state index is 14.0. The van der Waals surface area contributed by atoms with E-state index in [0.29, 0.717) is 6.42 Å². The lowest BCUT2D eigenvalue weighted by Crippen LogP contribution is -2.65. The fourth-order valence-electron chi connectivity index (χ4n) is 5.49. The average molecular weight is 602 g/mol. The third kappa shape index (κ3) is 6.82. The Hall–Kier alpha value is -3.35. The quantitative estimate of drug-likeness (QED) is 0.403. The number of likely N-dealkylation sites (N-methyl/N-ethyl adjacent to an activating group) is 1. The van der Waals surface area contributed by atoms with Gasteiger partial charge < -0.3 is 20.9 Å². The normalized spacial score (nSPS) is 20.9. The fraction of sp³-hybridized carbons (Fsp3) is 0.500. The van der Waals surface area contributed by atoms with E-state index in [9.17, 15) is 27.2 Å². The number of hydrogen-bond acceptors (Lipinski definition) is 6. The predicted octanol–water partition coefficient (Wildman–Crippen LogP) is 1.97. The van der Waals surface area contributed by atoms with Crippen molar-refractivity contribution >= 4 is 27.7 Å². The van der Waals surface area contributed by atoms with E-state index in [2.05, 4.69) is 16.0 Å². The minimum Gasteiger partial charge on any atom is -0.347 e. The highest BCUT2D eigenvalue weighted by molar-refractivity contribution is 7.89. The summed E-state index contributed by atoms with van der Waals surface area (Å²) in [7, 11) is -2.44. The molecule has 2 aromatic rings. The highest BCUT2D eigenvalue weighted by Gasteiger charge is 2.43. The molecule has 0 bridgehead atoms. The van der Waals surface area contributed by atoms with Gasteiger partial charge in [0.05, 0.1) is 17.0 Å². The molecule has 10 nitrogen and oxygen atoms in total. The maximum atomic E-state index is 14.0. The van der Waals surface area contributed by atoms with Crippen LogP contribution in [-0.4, -0.2) is 80.2 Å². The monoisotopic (exact) mass is 601 g/mol. The summed E-state index contributed by atoms with van der Waals surface area (Å²) in [6.07, 6.45) is 2.50. The number of sulfonamides is 1. The van der Waals surface area contributed by atoms with Crippen molar-refractivity contribution in [3.63, 3.8) is 0 Å². The Morgan fingerprint density at radius 3 is 2.36 bits per heavy atom. The summed E-state index contributed by atoms with van der Waals surface area (Å²) in [5, 5.41) is 8.73. The first-order chi connectivity index (χ1) is 19.9. The van der Waals surface area contributed by atoms with E-state index in [0.717, 1.165) is 40.4 Å². The number of aryl methyl sites for hydroxylation is 1. The molecule has 1 aliphatic carbocycles. The van der Waals surface area contributed by atoms with E-state index >= 15 is 0 Å². The summed E-state index contributed by atoms with van der Waals surface area (Å²) >= 11 is 0. The molecule has 3 N–H and O–H groups in total. The molecule has 1 heterocycles. The smallest absolute Gasteiger partial charge is 0.246 e. The van der Waals surface area contributed by atoms with Crippen molar-refractivity contribution in [2.75, 3.05) is 26.7 Å². The molecular weight excluding hydrogens is 561 g/mol. The third-order valence-corrected chi connectivity index (χ3v) is 10.0. The number of nitrogens with one attached hydrogen (secondary N) is 3. The molecule has 2 aliphatic rings. The molecule has 12 heteroatoms. The first-order valence-electron chi connectivity index (χ1n) is 14.4. The van der Waals surface area contributed by atoms with Crippen molar-refractivity contribution in [1.29, 1.82) is 0 Å². The highest BCUT2D eigenvalue weighted by Crippen LogP contribution is 2.30. The molecule has 0 saturated carbocycles. The van der Waals surface area contributed by atoms with E-state index in [1.165, 1.54) is 17.0 Å². The molecule has 4 rings (SSSR count). The predicted molar refractivity (Wildman–Crippen MR) is 156 cm³/mol. The lowest BCUT2D eigenvalue weighted by Gasteiger charge is -2.42. The van der Waals surface area contributed by atoms with Crippen molar-refractivity contribution in [3.05, 3.63) is 65.5 Å². The van der Waals surface area contributed by atoms with Crippen LogP contribution in [0.2, 0.25) is 0 Å². The van der Waals surface area contributed by atoms with Gasteiger partial charge in [-0.05, 0) is 74.5 Å². The van der Waals surface area contributed by atoms with Gasteiger partial charge in [-0.25, -0.2) is 12.8 Å². The summed E-state index contributed by atoms with van der Waals surface area (Å²) in [5.74, 6) is -2.14. The molecule has 3 amide bonds. The SMILES string of the molecule is CN[C@@H](C)C(=O)N[C@H](C(=O)N1CCN(S(=O)(=O)c2ccc(F)cc2)C[C@H]1C(=O)NC1CCCc2ccccc21)C(C)C. The van der Waals surface area contributed by atoms with E-state index in [-0.39, 0.29) is 42.4 Å². The van der Waals surface area contributed by atoms with E-state index in [1.54, 1.807) is 27.8 Å². The molecule has 1 fully saturated rings. The molecule has 4 atom stereocenters. The number of fused-ring (bicyclic) bond motifs is 1. The van der Waals surface area contributed by atoms with Gasteiger partial charge in [0, 0.05) is 19.6 Å². The van der Waals surface area contributed by atoms with Crippen LogP contribution in [0.4, 0.5) is 4.39 Å². The number of rotatable bonds is 9. The number of carbonyl (C=O) groups excluding carboxylic acids is 3. The Morgan fingerprint density at radius 1 is 1.00 bits per heavy atom. The number of nitrogens with zero attached hydrogens (tertiary/aromatic N) is 2. The summed E-state index contributed by atoms with van der Waals surface area (Å²) in [6, 6.07) is 9.51. The Balaban J connectivity index is 1.64. The van der Waals surface area contributed by atoms with Gasteiger partial charge in [0.2, 0.25) is 27.7 Å². The van der Waals surface area contributed by atoms with Crippen LogP contribution in [0.3, 0.4) is 0 Å². The zero-order chi connectivity index (χ0) is 30.6. The third-order valence-electron chi connectivity index (χ3n) is 8.12. The van der Waals surface area contributed by atoms with E-state index in [4.69, 9.17) is 0 Å². The molecule has 1 unspecified atom stereocenters. The first-order valence-corrected chi connectivity index (χ1v) is 15.8. The lowest BCUT2D eigenvalue weighted by atomic mass is 9.87. The van der Waals surface area contributed by atoms with Gasteiger partial charge in [-0.3, -0.25) is 14.4 Å². The van der Waals surface area contributed by atoms with Gasteiger partial charge >= 0.3 is 0 Å². The number of piperazine rings is 1. The topological polar surface area (TPSA) is 128 Å². The van der Waals surface area contributed by atoms with Gasteiger partial charge in [-0.2, -0.15) is 4.31 Å². The summed E-state index contributed by atoms with van der Waals surface area (Å²) in [5.41, 5.74) is 2.15. The minimum absolute atomic E-state index is 0.0563. The fourth-order valence-corrected chi connectivity index (χ4v) is 6.93. The number of halogens is 1. The Kier molecular flexibility index (Phi) is 10.0. The average Bonchev–Trinajstić information content (AvgIpc) is 2.98. The molecule has 228 valence electrons. The molecule has 0 spiro atoms. The first kappa shape index (κ1) is 31.6. The van der Waals surface area contributed by atoms with Crippen molar-refractivity contribution in [2.24, 2.45) is 5.92 Å². The van der Waals surface area contributed by atoms with Crippen molar-refractivity contribution < 1.29 is 27.2 Å². The minimum atomic E-state index is -4.08. The van der Waals surface area contributed by atoms with Crippen LogP contribution in [0.25, 0.3) is 0 Å². The van der Waals surface area contributed by atoms with Crippen LogP contribution in [0, 0.1) is 11.7 Å². The molecule has 42 heavy (non-hydrogen) atoms. The van der Waals surface area contributed by atoms with E-state index < -0.39 is 45.8 Å². The molecule has 1 aliphatic heterocycles. The number of amides is 3. The van der Waals surface area contributed by atoms with Crippen LogP contribution < -0.4 is 16.0 Å². The standard InChI is InChI=1S/C30H40FN5O5S/c1-19(2)27(34-28(37)20(3)32-4)30(39)36-17-16-35(42(40,41)23-14-12-22(31)13-15-23)18-26(36)29(38)33-25-11-7-9-21-8-5-6-10-24(21)25/h5-6,8,10,12-15,19-20,25-27,32H,7,9,11,16-18H2,1-4H3,(H,33,38)(H,34,37)/t20-,25?,26-,27-/m0/s1. The summed E-state index contributed by atoms with van der Waals surface area (Å²) in [4.78, 5) is 41.9. The van der Waals surface area contributed by atoms with Crippen molar-refractivity contribution in [1.82, 2.24) is 25.2 Å². The molecule has 2 aromatic carbocycles. The Morgan fingerprint density at radius 2 is 1.69 bits per heavy atom. The van der Waals surface area contributed by atoms with Crippen molar-refractivity contribution in [2.45, 2.75) is 69.1 Å². The number of benzene rings is 2. The molecule has 0 radical (unpaired) electrons. The van der Waals surface area contributed by atoms with Gasteiger partial charge in [0.25, 0.3) is 0 Å². The summed E-state index contributed by atoms with van der Waals surface area (Å²) < 4.78 is 41.7. The number of carbonyl (C=O) groups is 3. The zero-order valence-electron chi connectivity index (χ0n) is 24.5. The molecule has 0 aromatic heterocycles. The molecular formula is C30H40FN5O5S. The second-order valence-electron chi connectivity index (χ2n) is 11.3. The lowest BCUT2D eigenvalue weighted by molar-refractivity contribution is -0.146. The highest BCUT2D eigenvalue weighted by atomic mass is 32.2. The molecule has 1 saturated heterocycles. The van der Waals surface area contributed by atoms with Gasteiger partial charge in [-0.1, -0.05) is 38.1 Å². The van der Waals surface area contributed by atoms with Crippen molar-refractivity contribution in [3.8, 4) is 0 Å². The van der Waals surface area contributed by atoms with Crippen LogP contribution in [-0.2, 0) is 30.8 Å². The van der Waals surface area contributed by atoms with E-state index in [1.807, 2.05) is 24.3 Å². The van der Waals surface area contributed by atoms with Crippen LogP contribution in [0.1, 0.15) is 50.8 Å². The van der Waals surface area contributed by atoms with Gasteiger partial charge in [0.15, 0.2) is 0 Å². The van der Waals surface area contributed by atoms with Crippen LogP contribution in [0.15, 0.2) is 53.4 Å². The second kappa shape index (κ2) is 13.3. The van der Waals surface area contributed by atoms with Crippen LogP contribution in [0.5, 0.6) is 0 Å². The summed E-state index contributed by atoms with van der Waals surface area (Å²) in [6.45, 7) is 4.88.